The third kappa shape index (κ3) is 1.63. The van der Waals surface area contributed by atoms with Crippen molar-refractivity contribution in [2.24, 2.45) is 11.8 Å². The van der Waals surface area contributed by atoms with Gasteiger partial charge in [-0.2, -0.15) is 0 Å². The van der Waals surface area contributed by atoms with Crippen LogP contribution in [0, 0.1) is 11.8 Å². The quantitative estimate of drug-likeness (QED) is 0.558. The van der Waals surface area contributed by atoms with Crippen LogP contribution in [0.5, 0.6) is 0 Å². The highest BCUT2D eigenvalue weighted by Gasteiger charge is 2.42. The number of hydrogen-bond donors (Lipinski definition) is 3. The lowest BCUT2D eigenvalue weighted by Gasteiger charge is -2.18. The summed E-state index contributed by atoms with van der Waals surface area (Å²) in [6.45, 7) is 3.66. The van der Waals surface area contributed by atoms with Gasteiger partial charge in [-0.15, -0.1) is 0 Å². The van der Waals surface area contributed by atoms with Gasteiger partial charge in [-0.25, -0.2) is 0 Å². The summed E-state index contributed by atoms with van der Waals surface area (Å²) in [5.74, 6) is 0.00421. The monoisotopic (exact) mass is 174 g/mol. The van der Waals surface area contributed by atoms with Gasteiger partial charge in [0, 0.05) is 5.92 Å². The molecule has 1 saturated carbocycles. The van der Waals surface area contributed by atoms with Crippen LogP contribution >= 0.6 is 0 Å². The smallest absolute Gasteiger partial charge is 0.0854 e. The van der Waals surface area contributed by atoms with E-state index < -0.39 is 18.3 Å². The molecule has 3 heteroatoms. The largest absolute Gasteiger partial charge is 0.393 e. The standard InChI is InChI=1S/C9H18O3/c1-3-6-4-7(5(2)10)9(12)8(6)11/h5-12H,3-4H2,1-2H3/t5?,6-,7-,8+,9-/m1/s1. The average Bonchev–Trinajstić information content (AvgIpc) is 2.30. The van der Waals surface area contributed by atoms with E-state index in [1.807, 2.05) is 6.92 Å². The Morgan fingerprint density at radius 1 is 1.33 bits per heavy atom. The molecule has 0 aromatic carbocycles. The fourth-order valence-electron chi connectivity index (χ4n) is 2.05. The molecule has 1 aliphatic carbocycles. The molecule has 1 rings (SSSR count). The molecular weight excluding hydrogens is 156 g/mol. The molecule has 0 aromatic heterocycles. The Kier molecular flexibility index (Phi) is 3.09. The van der Waals surface area contributed by atoms with Gasteiger partial charge in [0.15, 0.2) is 0 Å². The predicted octanol–water partition coefficient (Wildman–Crippen LogP) is 0.135. The first kappa shape index (κ1) is 9.96. The maximum atomic E-state index is 9.52. The zero-order valence-electron chi connectivity index (χ0n) is 7.64. The first-order valence-electron chi connectivity index (χ1n) is 4.62. The maximum absolute atomic E-state index is 9.52. The lowest BCUT2D eigenvalue weighted by Crippen LogP contribution is -2.32. The predicted molar refractivity (Wildman–Crippen MR) is 45.6 cm³/mol. The number of aliphatic hydroxyl groups is 3. The van der Waals surface area contributed by atoms with Gasteiger partial charge in [0.2, 0.25) is 0 Å². The SMILES string of the molecule is CC[C@@H]1C[C@H](C(C)O)[C@@H](O)[C@H]1O. The molecule has 0 radical (unpaired) electrons. The van der Waals surface area contributed by atoms with Crippen molar-refractivity contribution in [3.8, 4) is 0 Å². The Balaban J connectivity index is 2.60. The zero-order chi connectivity index (χ0) is 9.30. The Morgan fingerprint density at radius 2 is 1.92 bits per heavy atom. The van der Waals surface area contributed by atoms with Crippen LogP contribution in [0.3, 0.4) is 0 Å². The van der Waals surface area contributed by atoms with Crippen LogP contribution in [0.2, 0.25) is 0 Å². The molecule has 0 bridgehead atoms. The van der Waals surface area contributed by atoms with Gasteiger partial charge in [0.25, 0.3) is 0 Å². The van der Waals surface area contributed by atoms with E-state index in [9.17, 15) is 15.3 Å². The third-order valence-corrected chi connectivity index (χ3v) is 2.99. The summed E-state index contributed by atoms with van der Waals surface area (Å²) in [6.07, 6.45) is -0.312. The topological polar surface area (TPSA) is 60.7 Å². The van der Waals surface area contributed by atoms with Gasteiger partial charge in [0.1, 0.15) is 0 Å². The summed E-state index contributed by atoms with van der Waals surface area (Å²) in [5.41, 5.74) is 0. The molecule has 72 valence electrons. The van der Waals surface area contributed by atoms with E-state index in [4.69, 9.17) is 0 Å². The van der Waals surface area contributed by atoms with Gasteiger partial charge in [0.05, 0.1) is 18.3 Å². The van der Waals surface area contributed by atoms with Crippen LogP contribution in [0.15, 0.2) is 0 Å². The van der Waals surface area contributed by atoms with Gasteiger partial charge >= 0.3 is 0 Å². The molecule has 3 N–H and O–H groups in total. The Labute approximate surface area is 73.0 Å². The van der Waals surface area contributed by atoms with E-state index in [2.05, 4.69) is 0 Å². The van der Waals surface area contributed by atoms with Gasteiger partial charge < -0.3 is 15.3 Å². The van der Waals surface area contributed by atoms with Crippen LogP contribution in [0.4, 0.5) is 0 Å². The summed E-state index contributed by atoms with van der Waals surface area (Å²) >= 11 is 0. The molecule has 12 heavy (non-hydrogen) atoms. The van der Waals surface area contributed by atoms with Crippen LogP contribution < -0.4 is 0 Å². The van der Waals surface area contributed by atoms with E-state index in [0.717, 1.165) is 12.8 Å². The van der Waals surface area contributed by atoms with Crippen molar-refractivity contribution < 1.29 is 15.3 Å². The normalized spacial score (nSPS) is 44.8. The zero-order valence-corrected chi connectivity index (χ0v) is 7.64. The van der Waals surface area contributed by atoms with Crippen molar-refractivity contribution in [2.75, 3.05) is 0 Å². The van der Waals surface area contributed by atoms with Gasteiger partial charge in [-0.3, -0.25) is 0 Å². The van der Waals surface area contributed by atoms with Crippen molar-refractivity contribution in [1.82, 2.24) is 0 Å². The number of hydrogen-bond acceptors (Lipinski definition) is 3. The Morgan fingerprint density at radius 3 is 2.17 bits per heavy atom. The minimum atomic E-state index is -0.741. The molecule has 0 aromatic rings. The van der Waals surface area contributed by atoms with E-state index in [1.54, 1.807) is 6.92 Å². The number of aliphatic hydroxyl groups excluding tert-OH is 3. The summed E-state index contributed by atoms with van der Waals surface area (Å²) in [6, 6.07) is 0. The average molecular weight is 174 g/mol. The minimum absolute atomic E-state index is 0.148. The Hall–Kier alpha value is -0.120. The van der Waals surface area contributed by atoms with Crippen molar-refractivity contribution in [2.45, 2.75) is 45.0 Å². The highest BCUT2D eigenvalue weighted by Crippen LogP contribution is 2.35. The molecule has 0 spiro atoms. The highest BCUT2D eigenvalue weighted by molar-refractivity contribution is 4.92. The van der Waals surface area contributed by atoms with E-state index in [1.165, 1.54) is 0 Å². The summed E-state index contributed by atoms with van der Waals surface area (Å²) < 4.78 is 0. The van der Waals surface area contributed by atoms with Crippen molar-refractivity contribution in [3.05, 3.63) is 0 Å². The van der Waals surface area contributed by atoms with Crippen molar-refractivity contribution >= 4 is 0 Å². The number of rotatable bonds is 2. The van der Waals surface area contributed by atoms with Crippen LogP contribution in [-0.4, -0.2) is 33.6 Å². The third-order valence-electron chi connectivity index (χ3n) is 2.99. The first-order chi connectivity index (χ1) is 5.57. The second-order valence-corrected chi connectivity index (χ2v) is 3.79. The van der Waals surface area contributed by atoms with E-state index in [0.29, 0.717) is 0 Å². The summed E-state index contributed by atoms with van der Waals surface area (Å²) in [7, 11) is 0. The van der Waals surface area contributed by atoms with Gasteiger partial charge in [-0.05, 0) is 19.3 Å². The van der Waals surface area contributed by atoms with Crippen molar-refractivity contribution in [1.29, 1.82) is 0 Å². The summed E-state index contributed by atoms with van der Waals surface area (Å²) in [5, 5.41) is 28.3. The van der Waals surface area contributed by atoms with E-state index in [-0.39, 0.29) is 11.8 Å². The van der Waals surface area contributed by atoms with Crippen molar-refractivity contribution in [3.63, 3.8) is 0 Å². The maximum Gasteiger partial charge on any atom is 0.0854 e. The molecule has 1 unspecified atom stereocenters. The van der Waals surface area contributed by atoms with Crippen LogP contribution in [-0.2, 0) is 0 Å². The highest BCUT2D eigenvalue weighted by atomic mass is 16.3. The first-order valence-corrected chi connectivity index (χ1v) is 4.62. The van der Waals surface area contributed by atoms with E-state index >= 15 is 0 Å². The van der Waals surface area contributed by atoms with Crippen LogP contribution in [0.1, 0.15) is 26.7 Å². The lowest BCUT2D eigenvalue weighted by atomic mass is 9.98. The second-order valence-electron chi connectivity index (χ2n) is 3.79. The molecule has 3 nitrogen and oxygen atoms in total. The molecular formula is C9H18O3. The van der Waals surface area contributed by atoms with Gasteiger partial charge in [-0.1, -0.05) is 13.3 Å². The fourth-order valence-corrected chi connectivity index (χ4v) is 2.05. The molecule has 0 saturated heterocycles. The molecule has 5 atom stereocenters. The minimum Gasteiger partial charge on any atom is -0.393 e. The Bertz CT molecular complexity index is 147. The lowest BCUT2D eigenvalue weighted by molar-refractivity contribution is -0.0229. The molecule has 0 amide bonds. The second kappa shape index (κ2) is 3.73. The molecule has 0 heterocycles. The molecule has 1 aliphatic rings. The van der Waals surface area contributed by atoms with Crippen LogP contribution in [0.25, 0.3) is 0 Å². The molecule has 1 fully saturated rings. The molecule has 0 aliphatic heterocycles. The summed E-state index contributed by atoms with van der Waals surface area (Å²) in [4.78, 5) is 0. The fraction of sp³-hybridized carbons (Fsp3) is 1.00.